The van der Waals surface area contributed by atoms with Crippen LogP contribution in [-0.2, 0) is 16.0 Å². The van der Waals surface area contributed by atoms with Crippen molar-refractivity contribution in [2.75, 3.05) is 6.61 Å². The normalized spacial score (nSPS) is 11.1. The fraction of sp³-hybridized carbons (Fsp3) is 0.400. The topological polar surface area (TPSA) is 91.6 Å². The molecule has 0 atom stereocenters. The Morgan fingerprint density at radius 2 is 2.14 bits per heavy atom. The number of hydrogen-bond acceptors (Lipinski definition) is 6. The number of rotatable bonds is 5. The molecule has 0 fully saturated rings. The van der Waals surface area contributed by atoms with Crippen molar-refractivity contribution in [3.8, 4) is 5.75 Å². The van der Waals surface area contributed by atoms with Crippen LogP contribution in [0, 0.1) is 13.8 Å². The van der Waals surface area contributed by atoms with E-state index in [2.05, 4.69) is 14.5 Å². The van der Waals surface area contributed by atoms with Crippen LogP contribution in [0.4, 0.5) is 18.9 Å². The monoisotopic (exact) mass is 420 g/mol. The summed E-state index contributed by atoms with van der Waals surface area (Å²) in [5.41, 5.74) is -1.25. The number of ether oxygens (including phenoxy) is 2. The molecule has 0 amide bonds. The number of esters is 1. The van der Waals surface area contributed by atoms with Crippen molar-refractivity contribution in [3.05, 3.63) is 25.6 Å². The maximum Gasteiger partial charge on any atom is 0.573 e. The predicted molar refractivity (Wildman–Crippen MR) is 70.6 cm³/mol. The van der Waals surface area contributed by atoms with E-state index in [4.69, 9.17) is 0 Å². The molecule has 0 unspecified atom stereocenters. The van der Waals surface area contributed by atoms with Crippen LogP contribution < -0.4 is 4.74 Å². The van der Waals surface area contributed by atoms with E-state index in [0.29, 0.717) is 6.20 Å². The predicted octanol–water partition coefficient (Wildman–Crippen LogP) is 2.60. The summed E-state index contributed by atoms with van der Waals surface area (Å²) >= 11 is 1.48. The Balaban J connectivity index is 3.33. The third-order valence-corrected chi connectivity index (χ3v) is 2.90. The van der Waals surface area contributed by atoms with Gasteiger partial charge in [-0.1, -0.05) is 0 Å². The van der Waals surface area contributed by atoms with Gasteiger partial charge in [-0.2, -0.15) is 0 Å². The zero-order valence-corrected chi connectivity index (χ0v) is 12.6. The average molecular weight is 420 g/mol. The standard InChI is InChI=1S/C10H8F3IN2O5/c1-2-20-7(17)3-5-6(21-10(11,12)13)4-15-9(14)8(5)16(18)19/h4H,2-3H2,1H3. The Hall–Kier alpha value is -1.66. The number of aromatic nitrogens is 1. The van der Waals surface area contributed by atoms with Gasteiger partial charge in [-0.05, 0) is 29.5 Å². The molecule has 0 bridgehead atoms. The molecule has 0 aliphatic rings. The second kappa shape index (κ2) is 6.87. The SMILES string of the molecule is CCOC(=O)Cc1c(OC(F)(F)F)cnc(I)c1[N+](=O)[O-]. The van der Waals surface area contributed by atoms with Gasteiger partial charge in [-0.15, -0.1) is 13.2 Å². The van der Waals surface area contributed by atoms with Gasteiger partial charge >= 0.3 is 18.0 Å². The summed E-state index contributed by atoms with van der Waals surface area (Å²) in [6.45, 7) is 1.49. The van der Waals surface area contributed by atoms with Gasteiger partial charge in [0.1, 0.15) is 0 Å². The summed E-state index contributed by atoms with van der Waals surface area (Å²) in [6, 6.07) is 0. The van der Waals surface area contributed by atoms with Crippen LogP contribution in [0.2, 0.25) is 0 Å². The Morgan fingerprint density at radius 3 is 2.62 bits per heavy atom. The first-order valence-corrected chi connectivity index (χ1v) is 6.46. The van der Waals surface area contributed by atoms with Crippen molar-refractivity contribution in [1.82, 2.24) is 4.98 Å². The van der Waals surface area contributed by atoms with Crippen LogP contribution in [0.15, 0.2) is 6.20 Å². The van der Waals surface area contributed by atoms with Gasteiger partial charge in [0, 0.05) is 0 Å². The van der Waals surface area contributed by atoms with Gasteiger partial charge in [-0.3, -0.25) is 14.9 Å². The first kappa shape index (κ1) is 17.4. The van der Waals surface area contributed by atoms with E-state index in [1.54, 1.807) is 0 Å². The van der Waals surface area contributed by atoms with E-state index in [0.717, 1.165) is 0 Å². The Bertz CT molecular complexity index is 564. The maximum absolute atomic E-state index is 12.3. The Kier molecular flexibility index (Phi) is 5.69. The van der Waals surface area contributed by atoms with Gasteiger partial charge in [-0.25, -0.2) is 4.98 Å². The molecule has 11 heteroatoms. The van der Waals surface area contributed by atoms with Crippen LogP contribution in [-0.4, -0.2) is 28.8 Å². The third-order valence-electron chi connectivity index (χ3n) is 2.11. The van der Waals surface area contributed by atoms with E-state index < -0.39 is 40.7 Å². The highest BCUT2D eigenvalue weighted by Crippen LogP contribution is 2.34. The smallest absolute Gasteiger partial charge is 0.466 e. The lowest BCUT2D eigenvalue weighted by Crippen LogP contribution is -2.20. The molecule has 0 saturated heterocycles. The van der Waals surface area contributed by atoms with Crippen LogP contribution in [0.5, 0.6) is 5.75 Å². The fourth-order valence-electron chi connectivity index (χ4n) is 1.42. The number of nitro groups is 1. The number of halogens is 4. The van der Waals surface area contributed by atoms with Crippen molar-refractivity contribution in [3.63, 3.8) is 0 Å². The van der Waals surface area contributed by atoms with E-state index in [9.17, 15) is 28.1 Å². The second-order valence-corrected chi connectivity index (χ2v) is 4.55. The van der Waals surface area contributed by atoms with Crippen molar-refractivity contribution in [1.29, 1.82) is 0 Å². The molecular weight excluding hydrogens is 412 g/mol. The van der Waals surface area contributed by atoms with Gasteiger partial charge in [0.2, 0.25) is 0 Å². The van der Waals surface area contributed by atoms with Crippen molar-refractivity contribution >= 4 is 34.2 Å². The summed E-state index contributed by atoms with van der Waals surface area (Å²) in [5.74, 6) is -1.81. The number of carbonyl (C=O) groups is 1. The average Bonchev–Trinajstić information content (AvgIpc) is 2.31. The molecule has 0 aliphatic heterocycles. The molecule has 0 radical (unpaired) electrons. The molecule has 21 heavy (non-hydrogen) atoms. The summed E-state index contributed by atoms with van der Waals surface area (Å²) < 4.78 is 45.0. The van der Waals surface area contributed by atoms with Gasteiger partial charge in [0.15, 0.2) is 9.45 Å². The summed E-state index contributed by atoms with van der Waals surface area (Å²) in [6.07, 6.45) is -5.11. The highest BCUT2D eigenvalue weighted by atomic mass is 127. The number of pyridine rings is 1. The highest BCUT2D eigenvalue weighted by Gasteiger charge is 2.35. The van der Waals surface area contributed by atoms with Crippen LogP contribution >= 0.6 is 22.6 Å². The quantitative estimate of drug-likeness (QED) is 0.239. The van der Waals surface area contributed by atoms with Crippen LogP contribution in [0.25, 0.3) is 0 Å². The second-order valence-electron chi connectivity index (χ2n) is 3.53. The third kappa shape index (κ3) is 4.99. The summed E-state index contributed by atoms with van der Waals surface area (Å²) in [7, 11) is 0. The minimum Gasteiger partial charge on any atom is -0.466 e. The molecule has 0 N–H and O–H groups in total. The van der Waals surface area contributed by atoms with Crippen molar-refractivity contribution < 1.29 is 32.4 Å². The lowest BCUT2D eigenvalue weighted by molar-refractivity contribution is -0.387. The van der Waals surface area contributed by atoms with E-state index >= 15 is 0 Å². The molecule has 1 rings (SSSR count). The summed E-state index contributed by atoms with van der Waals surface area (Å²) in [5, 5.41) is 11.0. The zero-order valence-electron chi connectivity index (χ0n) is 10.4. The molecule has 0 spiro atoms. The molecule has 0 aromatic carbocycles. The van der Waals surface area contributed by atoms with E-state index in [-0.39, 0.29) is 10.3 Å². The molecular formula is C10H8F3IN2O5. The highest BCUT2D eigenvalue weighted by molar-refractivity contribution is 14.1. The number of nitrogens with zero attached hydrogens (tertiary/aromatic N) is 2. The van der Waals surface area contributed by atoms with E-state index in [1.807, 2.05) is 0 Å². The largest absolute Gasteiger partial charge is 0.573 e. The fourth-order valence-corrected chi connectivity index (χ4v) is 2.08. The first-order valence-electron chi connectivity index (χ1n) is 5.38. The van der Waals surface area contributed by atoms with Gasteiger partial charge in [0.25, 0.3) is 0 Å². The minimum atomic E-state index is -5.06. The number of alkyl halides is 3. The number of carbonyl (C=O) groups excluding carboxylic acids is 1. The van der Waals surface area contributed by atoms with Crippen LogP contribution in [0.1, 0.15) is 12.5 Å². The molecule has 0 saturated carbocycles. The lowest BCUT2D eigenvalue weighted by atomic mass is 10.1. The molecule has 0 aliphatic carbocycles. The Labute approximate surface area is 129 Å². The van der Waals surface area contributed by atoms with Crippen molar-refractivity contribution in [2.24, 2.45) is 0 Å². The molecule has 1 aromatic rings. The van der Waals surface area contributed by atoms with Crippen molar-refractivity contribution in [2.45, 2.75) is 19.7 Å². The number of hydrogen-bond donors (Lipinski definition) is 0. The van der Waals surface area contributed by atoms with E-state index in [1.165, 1.54) is 29.5 Å². The first-order chi connectivity index (χ1) is 9.65. The zero-order chi connectivity index (χ0) is 16.2. The minimum absolute atomic E-state index is 0.00965. The van der Waals surface area contributed by atoms with Gasteiger partial charge in [0.05, 0.1) is 29.7 Å². The molecule has 116 valence electrons. The summed E-state index contributed by atoms with van der Waals surface area (Å²) in [4.78, 5) is 24.9. The molecule has 1 heterocycles. The molecule has 7 nitrogen and oxygen atoms in total. The Morgan fingerprint density at radius 1 is 1.52 bits per heavy atom. The van der Waals surface area contributed by atoms with Gasteiger partial charge < -0.3 is 9.47 Å². The lowest BCUT2D eigenvalue weighted by Gasteiger charge is -2.13. The molecule has 1 aromatic heterocycles. The maximum atomic E-state index is 12.3. The van der Waals surface area contributed by atoms with Crippen LogP contribution in [0.3, 0.4) is 0 Å².